The Balaban J connectivity index is 2.76. The Morgan fingerprint density at radius 2 is 2.00 bits per heavy atom. The molecule has 16 heavy (non-hydrogen) atoms. The van der Waals surface area contributed by atoms with Gasteiger partial charge in [-0.25, -0.2) is 4.79 Å². The van der Waals surface area contributed by atoms with Crippen LogP contribution in [0.25, 0.3) is 0 Å². The largest absolute Gasteiger partial charge is 0.441 e. The molecule has 2 heteroatoms. The summed E-state index contributed by atoms with van der Waals surface area (Å²) in [7, 11) is 0. The van der Waals surface area contributed by atoms with E-state index in [1.54, 1.807) is 0 Å². The summed E-state index contributed by atoms with van der Waals surface area (Å²) in [6.07, 6.45) is 6.14. The summed E-state index contributed by atoms with van der Waals surface area (Å²) in [5, 5.41) is 0. The van der Waals surface area contributed by atoms with Gasteiger partial charge in [-0.05, 0) is 13.8 Å². The van der Waals surface area contributed by atoms with Gasteiger partial charge in [-0.15, -0.1) is 6.42 Å². The Kier molecular flexibility index (Phi) is 4.35. The molecule has 1 aromatic rings. The summed E-state index contributed by atoms with van der Waals surface area (Å²) < 4.78 is 5.15. The molecular formula is C14H14O2. The Morgan fingerprint density at radius 3 is 2.50 bits per heavy atom. The van der Waals surface area contributed by atoms with Crippen LogP contribution in [0.3, 0.4) is 0 Å². The topological polar surface area (TPSA) is 26.3 Å². The van der Waals surface area contributed by atoms with Crippen LogP contribution in [0.2, 0.25) is 0 Å². The van der Waals surface area contributed by atoms with Crippen LogP contribution in [-0.2, 0) is 9.53 Å². The molecule has 2 nitrogen and oxygen atoms in total. The van der Waals surface area contributed by atoms with Crippen LogP contribution in [0, 0.1) is 12.3 Å². The Hall–Kier alpha value is -2.01. The lowest BCUT2D eigenvalue weighted by molar-refractivity contribution is -0.140. The van der Waals surface area contributed by atoms with Gasteiger partial charge >= 0.3 is 5.97 Å². The highest BCUT2D eigenvalue weighted by atomic mass is 16.5. The number of hydrogen-bond donors (Lipinski definition) is 0. The van der Waals surface area contributed by atoms with E-state index in [1.165, 1.54) is 6.08 Å². The van der Waals surface area contributed by atoms with Crippen LogP contribution in [0.4, 0.5) is 0 Å². The number of esters is 1. The van der Waals surface area contributed by atoms with Gasteiger partial charge in [-0.1, -0.05) is 41.8 Å². The van der Waals surface area contributed by atoms with Crippen molar-refractivity contribution < 1.29 is 9.53 Å². The number of carbonyl (C=O) groups is 1. The van der Waals surface area contributed by atoms with E-state index >= 15 is 0 Å². The predicted octanol–water partition coefficient (Wildman–Crippen LogP) is 2.87. The lowest BCUT2D eigenvalue weighted by Crippen LogP contribution is -2.07. The van der Waals surface area contributed by atoms with Crippen molar-refractivity contribution in [2.45, 2.75) is 20.0 Å². The average Bonchev–Trinajstić information content (AvgIpc) is 2.26. The van der Waals surface area contributed by atoms with Gasteiger partial charge in [0.05, 0.1) is 0 Å². The third-order valence-electron chi connectivity index (χ3n) is 1.89. The second-order valence-corrected chi connectivity index (χ2v) is 3.62. The molecule has 82 valence electrons. The number of rotatable bonds is 3. The van der Waals surface area contributed by atoms with Gasteiger partial charge in [-0.3, -0.25) is 0 Å². The number of terminal acetylenes is 1. The van der Waals surface area contributed by atoms with E-state index in [9.17, 15) is 4.79 Å². The van der Waals surface area contributed by atoms with Crippen LogP contribution in [-0.4, -0.2) is 5.97 Å². The first kappa shape index (κ1) is 12.1. The van der Waals surface area contributed by atoms with Gasteiger partial charge in [0.15, 0.2) is 6.10 Å². The fourth-order valence-electron chi connectivity index (χ4n) is 1.21. The van der Waals surface area contributed by atoms with Crippen molar-refractivity contribution >= 4 is 5.97 Å². The SMILES string of the molecule is C#CC(OC(=O)C=C(C)C)c1ccccc1. The molecule has 0 aliphatic rings. The lowest BCUT2D eigenvalue weighted by atomic mass is 10.1. The molecule has 1 aromatic carbocycles. The standard InChI is InChI=1S/C14H14O2/c1-4-13(12-8-6-5-7-9-12)16-14(15)10-11(2)3/h1,5-10,13H,2-3H3. The summed E-state index contributed by atoms with van der Waals surface area (Å²) in [4.78, 5) is 11.4. The highest BCUT2D eigenvalue weighted by molar-refractivity contribution is 5.83. The van der Waals surface area contributed by atoms with E-state index in [-0.39, 0.29) is 0 Å². The molecule has 0 aliphatic heterocycles. The molecule has 1 atom stereocenters. The maximum absolute atomic E-state index is 11.4. The van der Waals surface area contributed by atoms with E-state index in [0.29, 0.717) is 0 Å². The van der Waals surface area contributed by atoms with Crippen LogP contribution in [0.15, 0.2) is 42.0 Å². The van der Waals surface area contributed by atoms with Gasteiger partial charge < -0.3 is 4.74 Å². The van der Waals surface area contributed by atoms with Crippen molar-refractivity contribution in [3.63, 3.8) is 0 Å². The van der Waals surface area contributed by atoms with Crippen LogP contribution in [0.5, 0.6) is 0 Å². The summed E-state index contributed by atoms with van der Waals surface area (Å²) in [5.41, 5.74) is 1.69. The Bertz CT molecular complexity index is 420. The number of hydrogen-bond acceptors (Lipinski definition) is 2. The first-order valence-corrected chi connectivity index (χ1v) is 5.00. The van der Waals surface area contributed by atoms with Gasteiger partial charge in [0.2, 0.25) is 0 Å². The van der Waals surface area contributed by atoms with Gasteiger partial charge in [-0.2, -0.15) is 0 Å². The van der Waals surface area contributed by atoms with E-state index in [0.717, 1.165) is 11.1 Å². The van der Waals surface area contributed by atoms with Crippen molar-refractivity contribution in [1.29, 1.82) is 0 Å². The van der Waals surface area contributed by atoms with Crippen molar-refractivity contribution in [3.8, 4) is 12.3 Å². The summed E-state index contributed by atoms with van der Waals surface area (Å²) in [6.45, 7) is 3.66. The molecule has 0 fully saturated rings. The second-order valence-electron chi connectivity index (χ2n) is 3.62. The van der Waals surface area contributed by atoms with Crippen molar-refractivity contribution in [2.75, 3.05) is 0 Å². The number of ether oxygens (including phenoxy) is 1. The molecule has 0 radical (unpaired) electrons. The van der Waals surface area contributed by atoms with Crippen LogP contribution < -0.4 is 0 Å². The minimum absolute atomic E-state index is 0.410. The van der Waals surface area contributed by atoms with E-state index < -0.39 is 12.1 Å². The zero-order chi connectivity index (χ0) is 12.0. The first-order chi connectivity index (χ1) is 7.63. The monoisotopic (exact) mass is 214 g/mol. The lowest BCUT2D eigenvalue weighted by Gasteiger charge is -2.11. The molecule has 1 unspecified atom stereocenters. The molecule has 0 saturated heterocycles. The third-order valence-corrected chi connectivity index (χ3v) is 1.89. The van der Waals surface area contributed by atoms with E-state index in [4.69, 9.17) is 11.2 Å². The fraction of sp³-hybridized carbons (Fsp3) is 0.214. The molecular weight excluding hydrogens is 200 g/mol. The molecule has 0 amide bonds. The number of benzene rings is 1. The maximum atomic E-state index is 11.4. The van der Waals surface area contributed by atoms with Crippen molar-refractivity contribution in [3.05, 3.63) is 47.5 Å². The predicted molar refractivity (Wildman–Crippen MR) is 63.5 cm³/mol. The van der Waals surface area contributed by atoms with E-state index in [1.807, 2.05) is 44.2 Å². The van der Waals surface area contributed by atoms with E-state index in [2.05, 4.69) is 5.92 Å². The van der Waals surface area contributed by atoms with Crippen LogP contribution in [0.1, 0.15) is 25.5 Å². The highest BCUT2D eigenvalue weighted by Gasteiger charge is 2.11. The number of allylic oxidation sites excluding steroid dienone is 1. The molecule has 0 spiro atoms. The third kappa shape index (κ3) is 3.62. The zero-order valence-electron chi connectivity index (χ0n) is 9.44. The highest BCUT2D eigenvalue weighted by Crippen LogP contribution is 2.16. The minimum atomic E-state index is -0.621. The van der Waals surface area contributed by atoms with Gasteiger partial charge in [0, 0.05) is 11.6 Å². The molecule has 0 aliphatic carbocycles. The molecule has 0 aromatic heterocycles. The maximum Gasteiger partial charge on any atom is 0.332 e. The Labute approximate surface area is 95.9 Å². The fourth-order valence-corrected chi connectivity index (χ4v) is 1.21. The molecule has 0 saturated carbocycles. The quantitative estimate of drug-likeness (QED) is 0.439. The van der Waals surface area contributed by atoms with Crippen molar-refractivity contribution in [2.24, 2.45) is 0 Å². The smallest absolute Gasteiger partial charge is 0.332 e. The van der Waals surface area contributed by atoms with Gasteiger partial charge in [0.1, 0.15) is 0 Å². The summed E-state index contributed by atoms with van der Waals surface area (Å²) >= 11 is 0. The average molecular weight is 214 g/mol. The van der Waals surface area contributed by atoms with Gasteiger partial charge in [0.25, 0.3) is 0 Å². The second kappa shape index (κ2) is 5.77. The Morgan fingerprint density at radius 1 is 1.38 bits per heavy atom. The molecule has 0 heterocycles. The summed E-state index contributed by atoms with van der Waals surface area (Å²) in [6, 6.07) is 9.26. The number of carbonyl (C=O) groups excluding carboxylic acids is 1. The first-order valence-electron chi connectivity index (χ1n) is 5.00. The normalized spacial score (nSPS) is 11.1. The van der Waals surface area contributed by atoms with Crippen LogP contribution >= 0.6 is 0 Å². The summed E-state index contributed by atoms with van der Waals surface area (Å²) in [5.74, 6) is 2.04. The molecule has 0 bridgehead atoms. The molecule has 1 rings (SSSR count). The zero-order valence-corrected chi connectivity index (χ0v) is 9.44. The molecule has 0 N–H and O–H groups in total. The minimum Gasteiger partial charge on any atom is -0.441 e. The van der Waals surface area contributed by atoms with Crippen molar-refractivity contribution in [1.82, 2.24) is 0 Å².